The number of nitrogens with one attached hydrogen (secondary N) is 9. The first-order valence-electron chi connectivity index (χ1n) is 44.4. The molecule has 0 saturated heterocycles. The number of imidazole rings is 1. The summed E-state index contributed by atoms with van der Waals surface area (Å²) in [5, 5.41) is 33.2. The summed E-state index contributed by atoms with van der Waals surface area (Å²) < 4.78 is 68.1. The fraction of sp³-hybridized carbons (Fsp3) is 0.333. The lowest BCUT2D eigenvalue weighted by Crippen LogP contribution is -2.60. The van der Waals surface area contributed by atoms with Crippen LogP contribution >= 0.6 is 0 Å². The van der Waals surface area contributed by atoms with E-state index in [1.54, 1.807) is 109 Å². The van der Waals surface area contributed by atoms with Crippen molar-refractivity contribution in [3.05, 3.63) is 310 Å². The summed E-state index contributed by atoms with van der Waals surface area (Å²) >= 11 is 0. The molecule has 31 nitrogen and oxygen atoms in total. The largest absolute Gasteiger partial charge is 0.607 e. The van der Waals surface area contributed by atoms with E-state index in [1.807, 2.05) is 158 Å². The van der Waals surface area contributed by atoms with Gasteiger partial charge in [0.2, 0.25) is 41.6 Å². The molecule has 134 heavy (non-hydrogen) atoms. The molecule has 0 fully saturated rings. The summed E-state index contributed by atoms with van der Waals surface area (Å²) in [4.78, 5) is 153. The third kappa shape index (κ3) is 24.3. The van der Waals surface area contributed by atoms with Crippen LogP contribution in [0.1, 0.15) is 146 Å². The molecule has 2 aromatic heterocycles. The zero-order valence-corrected chi connectivity index (χ0v) is 77.3. The molecule has 7 amide bonds. The lowest BCUT2D eigenvalue weighted by atomic mass is 9.77. The number of para-hydroxylation sites is 1. The van der Waals surface area contributed by atoms with Gasteiger partial charge in [-0.3, -0.25) is 43.5 Å². The van der Waals surface area contributed by atoms with E-state index >= 15 is 24.0 Å². The van der Waals surface area contributed by atoms with Crippen molar-refractivity contribution < 1.29 is 84.8 Å². The fourth-order valence-corrected chi connectivity index (χ4v) is 18.5. The normalized spacial score (nSPS) is 13.9. The van der Waals surface area contributed by atoms with E-state index in [0.29, 0.717) is 62.9 Å². The van der Waals surface area contributed by atoms with E-state index < -0.39 is 154 Å². The van der Waals surface area contributed by atoms with Gasteiger partial charge in [-0.15, -0.1) is 0 Å². The van der Waals surface area contributed by atoms with Gasteiger partial charge in [-0.2, -0.15) is 0 Å². The van der Waals surface area contributed by atoms with E-state index in [-0.39, 0.29) is 75.6 Å². The number of rotatable bonds is 41. The maximum atomic E-state index is 16.2. The highest BCUT2D eigenvalue weighted by atomic mass is 32.2. The van der Waals surface area contributed by atoms with Crippen LogP contribution in [0.15, 0.2) is 243 Å². The van der Waals surface area contributed by atoms with Crippen molar-refractivity contribution in [2.45, 2.75) is 183 Å². The van der Waals surface area contributed by atoms with Crippen LogP contribution in [-0.2, 0) is 98.5 Å². The Morgan fingerprint density at radius 3 is 1.70 bits per heavy atom. The van der Waals surface area contributed by atoms with E-state index in [4.69, 9.17) is 38.8 Å². The molecule has 6 atom stereocenters. The van der Waals surface area contributed by atoms with Crippen LogP contribution < -0.4 is 46.7 Å². The lowest BCUT2D eigenvalue weighted by Gasteiger charge is -2.37. The van der Waals surface area contributed by atoms with Crippen molar-refractivity contribution in [2.75, 3.05) is 40.0 Å². The average Bonchev–Trinajstić information content (AvgIpc) is 1.30. The highest BCUT2D eigenvalue weighted by molar-refractivity contribution is 7.90. The number of methoxy groups -OCH3 is 1. The molecule has 0 unspecified atom stereocenters. The third-order valence-electron chi connectivity index (χ3n) is 23.3. The first-order valence-corrected chi connectivity index (χ1v) is 45.9. The van der Waals surface area contributed by atoms with Crippen LogP contribution in [0.25, 0.3) is 27.3 Å². The van der Waals surface area contributed by atoms with E-state index in [1.165, 1.54) is 22.9 Å². The number of hydrogen-bond donors (Lipinski definition) is 9. The van der Waals surface area contributed by atoms with Gasteiger partial charge in [0, 0.05) is 74.5 Å². The standard InChI is InChI=1S/C102H115N13O18S/c1-12-53-129-87(116)58-85(112-98(124)131-62-79-76-46-28-26-44-74(76)75-45-27-29-47-77(75)79)94(121)111-84(57-72-61-114(63-106-72)102(69-37-20-15-21-38-69,70-39-22-16-23-40-70)71-41-24-17-25-42-71)93(120)109-82(55-67-35-18-14-19-36-67)91(118)107-80(49-34-52-104-96(103)113-134(126,127)89-65(4)64(3)88-78(66(89)5)59-101(9,10)132-88)90(117)110-83(56-68-60-115(99(125)133-100(6,7)8)86-50-31-30-43-73(68)86)92(119)108-81(95(122)128-11)48-32-33-51-105-97(123)130-54-13-2/h12-31,35-47,50,60-61,63,79-85H,1-2,32-34,48-49,51-59,62H2,3-11H3,(H10,103,104,105,107,108,109,110,111,112,113,117,118,119,120,121,123,124)/p-1/t80-,81-,82+,83-,84-,85-/m0/s1. The molecular weight excluding hydrogens is 1730 g/mol. The Labute approximate surface area is 779 Å². The smallest absolute Gasteiger partial charge is 0.419 e. The Balaban J connectivity index is 0.906. The zero-order valence-electron chi connectivity index (χ0n) is 76.5. The molecule has 0 bridgehead atoms. The van der Waals surface area contributed by atoms with Gasteiger partial charge >= 0.3 is 24.1 Å². The topological polar surface area (TPSA) is 417 Å². The Bertz CT molecular complexity index is 5940. The number of carbonyl (C=O) groups is 10. The van der Waals surface area contributed by atoms with Gasteiger partial charge in [-0.05, 0) is 166 Å². The van der Waals surface area contributed by atoms with Crippen molar-refractivity contribution in [3.8, 4) is 16.9 Å². The van der Waals surface area contributed by atoms with Crippen molar-refractivity contribution in [3.63, 3.8) is 0 Å². The van der Waals surface area contributed by atoms with Crippen molar-refractivity contribution in [1.29, 1.82) is 5.41 Å². The van der Waals surface area contributed by atoms with E-state index in [9.17, 15) is 32.4 Å². The number of ether oxygens (including phenoxy) is 6. The van der Waals surface area contributed by atoms with Gasteiger partial charge in [0.15, 0.2) is 0 Å². The number of amides is 7. The second-order valence-electron chi connectivity index (χ2n) is 34.6. The van der Waals surface area contributed by atoms with Gasteiger partial charge in [0.25, 0.3) is 10.0 Å². The summed E-state index contributed by atoms with van der Waals surface area (Å²) in [5.74, 6) is -7.51. The SMILES string of the molecule is C=CCOC(=O)C[C@H]([N-]C(=O)OCC1c2ccccc2-c2ccccc21)C(=O)N[C@@H](Cc1cn(C(c2ccccc2)(c2ccccc2)c2ccccc2)cn1)C(=O)N[C@H](Cc1ccccc1)C(=O)N[C@@H](CCCNC(=N)NS(=O)(=O)c1c(C)c(C)c2c(c1C)CC(C)(C)O2)C(=O)N[C@@H](Cc1cn(C(=O)OC(C)(C)C)c2ccccc12)C(=O)N[C@@H](CCCCNC(=O)OCC=C)C(=O)OC. The minimum absolute atomic E-state index is 0.0375. The molecule has 702 valence electrons. The quantitative estimate of drug-likeness (QED) is 0.00327. The molecule has 9 N–H and O–H groups in total. The molecule has 0 spiro atoms. The Morgan fingerprint density at radius 1 is 0.590 bits per heavy atom. The second kappa shape index (κ2) is 44.5. The van der Waals surface area contributed by atoms with Gasteiger partial charge in [0.05, 0.1) is 29.5 Å². The number of unbranched alkanes of at least 4 members (excludes halogenated alkanes) is 1. The molecule has 12 rings (SSSR count). The minimum Gasteiger partial charge on any atom is -0.607 e. The predicted molar refractivity (Wildman–Crippen MR) is 505 cm³/mol. The van der Waals surface area contributed by atoms with E-state index in [2.05, 4.69) is 60.4 Å². The summed E-state index contributed by atoms with van der Waals surface area (Å²) in [6.45, 7) is 20.5. The number of hydrogen-bond acceptors (Lipinski definition) is 20. The first-order chi connectivity index (χ1) is 64.2. The molecular formula is C102H114N13O18S-. The molecule has 2 aliphatic rings. The van der Waals surface area contributed by atoms with E-state index in [0.717, 1.165) is 46.1 Å². The van der Waals surface area contributed by atoms with Crippen LogP contribution in [0.2, 0.25) is 0 Å². The Kier molecular flexibility index (Phi) is 32.6. The molecule has 10 aromatic rings. The van der Waals surface area contributed by atoms with Crippen LogP contribution in [0.4, 0.5) is 14.4 Å². The van der Waals surface area contributed by atoms with Gasteiger partial charge < -0.3 is 75.5 Å². The predicted octanol–water partition coefficient (Wildman–Crippen LogP) is 12.9. The maximum Gasteiger partial charge on any atom is 0.419 e. The van der Waals surface area contributed by atoms with Gasteiger partial charge in [0.1, 0.15) is 72.5 Å². The highest BCUT2D eigenvalue weighted by Gasteiger charge is 2.42. The number of carbonyl (C=O) groups excluding carboxylic acids is 10. The van der Waals surface area contributed by atoms with Crippen molar-refractivity contribution in [2.24, 2.45) is 0 Å². The van der Waals surface area contributed by atoms with Gasteiger partial charge in [-0.1, -0.05) is 213 Å². The highest BCUT2D eigenvalue weighted by Crippen LogP contribution is 2.47. The minimum atomic E-state index is -4.48. The number of fused-ring (bicyclic) bond motifs is 5. The Morgan fingerprint density at radius 2 is 1.10 bits per heavy atom. The monoisotopic (exact) mass is 1840 g/mol. The number of esters is 2. The van der Waals surface area contributed by atoms with Crippen LogP contribution in [-0.4, -0.2) is 176 Å². The third-order valence-corrected chi connectivity index (χ3v) is 25.0. The number of aromatic nitrogens is 3. The fourth-order valence-electron chi connectivity index (χ4n) is 17.0. The number of nitrogens with zero attached hydrogens (tertiary/aromatic N) is 4. The molecule has 3 heterocycles. The molecule has 0 radical (unpaired) electrons. The van der Waals surface area contributed by atoms with Crippen molar-refractivity contribution in [1.82, 2.24) is 56.1 Å². The summed E-state index contributed by atoms with van der Waals surface area (Å²) in [6, 6.07) is 49.3. The summed E-state index contributed by atoms with van der Waals surface area (Å²) in [5.41, 5.74) is 6.87. The molecule has 1 aliphatic heterocycles. The van der Waals surface area contributed by atoms with Crippen LogP contribution in [0.3, 0.4) is 0 Å². The van der Waals surface area contributed by atoms with Crippen LogP contribution in [0.5, 0.6) is 5.75 Å². The maximum absolute atomic E-state index is 16.2. The average molecular weight is 1840 g/mol. The summed E-state index contributed by atoms with van der Waals surface area (Å²) in [6.07, 6.45) is 3.15. The summed E-state index contributed by atoms with van der Waals surface area (Å²) in [7, 11) is -3.35. The number of alkyl carbamates (subject to hydrolysis) is 1. The molecule has 32 heteroatoms. The molecule has 1 aliphatic carbocycles. The first kappa shape index (κ1) is 98.3. The molecule has 8 aromatic carbocycles. The van der Waals surface area contributed by atoms with Crippen LogP contribution in [0, 0.1) is 26.2 Å². The number of benzene rings is 8. The van der Waals surface area contributed by atoms with Gasteiger partial charge in [-0.25, -0.2) is 32.5 Å². The Hall–Kier alpha value is -14.7. The number of sulfonamides is 1. The van der Waals surface area contributed by atoms with Crippen molar-refractivity contribution >= 4 is 86.6 Å². The lowest BCUT2D eigenvalue weighted by molar-refractivity contribution is -0.145. The molecule has 0 saturated carbocycles. The zero-order chi connectivity index (χ0) is 96.0. The number of guanidine groups is 1. The second-order valence-corrected chi connectivity index (χ2v) is 36.2.